The van der Waals surface area contributed by atoms with Crippen LogP contribution in [0.3, 0.4) is 0 Å². The summed E-state index contributed by atoms with van der Waals surface area (Å²) in [5.41, 5.74) is 0.908. The molecular weight excluding hydrogens is 352 g/mol. The van der Waals surface area contributed by atoms with Gasteiger partial charge in [-0.1, -0.05) is 12.1 Å². The highest BCUT2D eigenvalue weighted by Crippen LogP contribution is 2.27. The normalized spacial score (nSPS) is 16.4. The number of nitrogens with one attached hydrogen (secondary N) is 1. The van der Waals surface area contributed by atoms with Gasteiger partial charge in [-0.3, -0.25) is 9.59 Å². The molecule has 0 saturated carbocycles. The number of thiophene rings is 1. The number of methoxy groups -OCH3 is 2. The van der Waals surface area contributed by atoms with Gasteiger partial charge in [0.25, 0.3) is 5.91 Å². The van der Waals surface area contributed by atoms with Crippen molar-refractivity contribution in [2.45, 2.75) is 25.4 Å². The van der Waals surface area contributed by atoms with Crippen LogP contribution in [-0.4, -0.2) is 43.5 Å². The highest BCUT2D eigenvalue weighted by Gasteiger charge is 2.34. The molecule has 3 rings (SSSR count). The number of carbonyl (C=O) groups excluding carboxylic acids is 2. The lowest BCUT2D eigenvalue weighted by Crippen LogP contribution is -2.45. The predicted molar refractivity (Wildman–Crippen MR) is 99.8 cm³/mol. The molecule has 6 nitrogen and oxygen atoms in total. The first kappa shape index (κ1) is 18.3. The van der Waals surface area contributed by atoms with E-state index in [-0.39, 0.29) is 11.8 Å². The van der Waals surface area contributed by atoms with Gasteiger partial charge >= 0.3 is 0 Å². The van der Waals surface area contributed by atoms with Crippen LogP contribution in [0.25, 0.3) is 0 Å². The lowest BCUT2D eigenvalue weighted by atomic mass is 10.1. The van der Waals surface area contributed by atoms with E-state index >= 15 is 0 Å². The van der Waals surface area contributed by atoms with Crippen LogP contribution >= 0.6 is 11.3 Å². The molecule has 1 aromatic carbocycles. The van der Waals surface area contributed by atoms with Crippen molar-refractivity contribution in [3.8, 4) is 11.5 Å². The van der Waals surface area contributed by atoms with Crippen LogP contribution in [-0.2, 0) is 11.3 Å². The molecule has 1 aromatic heterocycles. The molecule has 0 radical (unpaired) electrons. The van der Waals surface area contributed by atoms with Gasteiger partial charge in [0, 0.05) is 13.1 Å². The van der Waals surface area contributed by atoms with E-state index in [0.29, 0.717) is 35.9 Å². The maximum atomic E-state index is 12.6. The van der Waals surface area contributed by atoms with Crippen LogP contribution in [0.1, 0.15) is 28.1 Å². The fourth-order valence-electron chi connectivity index (χ4n) is 3.12. The molecule has 2 aromatic rings. The zero-order valence-electron chi connectivity index (χ0n) is 14.9. The molecule has 2 heterocycles. The second kappa shape index (κ2) is 8.23. The fraction of sp³-hybridized carbons (Fsp3) is 0.368. The van der Waals surface area contributed by atoms with E-state index < -0.39 is 6.04 Å². The van der Waals surface area contributed by atoms with Gasteiger partial charge in [0.1, 0.15) is 6.04 Å². The fourth-order valence-corrected chi connectivity index (χ4v) is 3.80. The second-order valence-corrected chi connectivity index (χ2v) is 6.99. The van der Waals surface area contributed by atoms with E-state index in [0.717, 1.165) is 12.0 Å². The SMILES string of the molecule is COc1ccc(CNC(=O)C2CCCN2C(=O)c2cccs2)cc1OC. The van der Waals surface area contributed by atoms with Gasteiger partial charge in [0.2, 0.25) is 5.91 Å². The van der Waals surface area contributed by atoms with Crippen molar-refractivity contribution in [3.05, 3.63) is 46.2 Å². The van der Waals surface area contributed by atoms with Crippen molar-refractivity contribution in [1.82, 2.24) is 10.2 Å². The van der Waals surface area contributed by atoms with Crippen molar-refractivity contribution in [2.24, 2.45) is 0 Å². The van der Waals surface area contributed by atoms with Crippen molar-refractivity contribution in [3.63, 3.8) is 0 Å². The number of nitrogens with zero attached hydrogens (tertiary/aromatic N) is 1. The molecular formula is C19H22N2O4S. The molecule has 26 heavy (non-hydrogen) atoms. The third kappa shape index (κ3) is 3.83. The average Bonchev–Trinajstić information content (AvgIpc) is 3.37. The molecule has 1 saturated heterocycles. The highest BCUT2D eigenvalue weighted by atomic mass is 32.1. The van der Waals surface area contributed by atoms with Gasteiger partial charge in [0.05, 0.1) is 19.1 Å². The molecule has 0 bridgehead atoms. The molecule has 1 unspecified atom stereocenters. The van der Waals surface area contributed by atoms with Gasteiger partial charge in [-0.25, -0.2) is 0 Å². The molecule has 1 N–H and O–H groups in total. The van der Waals surface area contributed by atoms with Crippen molar-refractivity contribution >= 4 is 23.2 Å². The Morgan fingerprint density at radius 2 is 2.04 bits per heavy atom. The quantitative estimate of drug-likeness (QED) is 0.844. The summed E-state index contributed by atoms with van der Waals surface area (Å²) in [6.45, 7) is 0.988. The average molecular weight is 374 g/mol. The monoisotopic (exact) mass is 374 g/mol. The van der Waals surface area contributed by atoms with E-state index in [4.69, 9.17) is 9.47 Å². The Bertz CT molecular complexity index is 776. The van der Waals surface area contributed by atoms with Crippen LogP contribution in [0.15, 0.2) is 35.7 Å². The lowest BCUT2D eigenvalue weighted by molar-refractivity contribution is -0.125. The first-order valence-electron chi connectivity index (χ1n) is 8.47. The van der Waals surface area contributed by atoms with E-state index in [2.05, 4.69) is 5.32 Å². The second-order valence-electron chi connectivity index (χ2n) is 6.04. The predicted octanol–water partition coefficient (Wildman–Crippen LogP) is 2.69. The van der Waals surface area contributed by atoms with E-state index in [1.165, 1.54) is 11.3 Å². The Hall–Kier alpha value is -2.54. The maximum Gasteiger partial charge on any atom is 0.264 e. The van der Waals surface area contributed by atoms with Crippen molar-refractivity contribution in [2.75, 3.05) is 20.8 Å². The highest BCUT2D eigenvalue weighted by molar-refractivity contribution is 7.12. The Morgan fingerprint density at radius 3 is 2.73 bits per heavy atom. The van der Waals surface area contributed by atoms with E-state index in [1.54, 1.807) is 25.2 Å². The number of hydrogen-bond acceptors (Lipinski definition) is 5. The Kier molecular flexibility index (Phi) is 5.78. The van der Waals surface area contributed by atoms with Crippen LogP contribution in [0.5, 0.6) is 11.5 Å². The van der Waals surface area contributed by atoms with Crippen LogP contribution in [0.2, 0.25) is 0 Å². The molecule has 2 amide bonds. The number of hydrogen-bond donors (Lipinski definition) is 1. The Morgan fingerprint density at radius 1 is 1.23 bits per heavy atom. The molecule has 0 spiro atoms. The van der Waals surface area contributed by atoms with Crippen molar-refractivity contribution < 1.29 is 19.1 Å². The minimum Gasteiger partial charge on any atom is -0.493 e. The van der Waals surface area contributed by atoms with Gasteiger partial charge in [-0.05, 0) is 42.0 Å². The van der Waals surface area contributed by atoms with Crippen LogP contribution < -0.4 is 14.8 Å². The maximum absolute atomic E-state index is 12.6. The van der Waals surface area contributed by atoms with Gasteiger partial charge in [0.15, 0.2) is 11.5 Å². The first-order chi connectivity index (χ1) is 12.6. The van der Waals surface area contributed by atoms with Gasteiger partial charge < -0.3 is 19.7 Å². The number of carbonyl (C=O) groups is 2. The molecule has 1 atom stereocenters. The lowest BCUT2D eigenvalue weighted by Gasteiger charge is -2.23. The zero-order chi connectivity index (χ0) is 18.5. The number of ether oxygens (including phenoxy) is 2. The molecule has 138 valence electrons. The number of rotatable bonds is 6. The number of benzene rings is 1. The minimum atomic E-state index is -0.412. The number of likely N-dealkylation sites (tertiary alicyclic amines) is 1. The van der Waals surface area contributed by atoms with E-state index in [9.17, 15) is 9.59 Å². The topological polar surface area (TPSA) is 67.9 Å². The molecule has 7 heteroatoms. The van der Waals surface area contributed by atoms with Crippen molar-refractivity contribution in [1.29, 1.82) is 0 Å². The summed E-state index contributed by atoms with van der Waals surface area (Å²) in [5, 5.41) is 4.80. The molecule has 0 aliphatic carbocycles. The summed E-state index contributed by atoms with van der Waals surface area (Å²) >= 11 is 1.40. The first-order valence-corrected chi connectivity index (χ1v) is 9.35. The summed E-state index contributed by atoms with van der Waals surface area (Å²) in [4.78, 5) is 27.5. The van der Waals surface area contributed by atoms with Gasteiger partial charge in [-0.2, -0.15) is 0 Å². The van der Waals surface area contributed by atoms with E-state index in [1.807, 2.05) is 29.6 Å². The Balaban J connectivity index is 1.63. The van der Waals surface area contributed by atoms with Crippen LogP contribution in [0.4, 0.5) is 0 Å². The van der Waals surface area contributed by atoms with Gasteiger partial charge in [-0.15, -0.1) is 11.3 Å². The molecule has 1 aliphatic heterocycles. The molecule has 1 fully saturated rings. The summed E-state index contributed by atoms with van der Waals surface area (Å²) in [5.74, 6) is 1.08. The summed E-state index contributed by atoms with van der Waals surface area (Å²) in [7, 11) is 3.16. The summed E-state index contributed by atoms with van der Waals surface area (Å²) in [6, 6.07) is 8.75. The Labute approximate surface area is 156 Å². The third-order valence-corrected chi connectivity index (χ3v) is 5.32. The third-order valence-electron chi connectivity index (χ3n) is 4.46. The van der Waals surface area contributed by atoms with Crippen LogP contribution in [0, 0.1) is 0 Å². The summed E-state index contributed by atoms with van der Waals surface area (Å²) in [6.07, 6.45) is 1.53. The standard InChI is InChI=1S/C19H22N2O4S/c1-24-15-8-7-13(11-16(15)25-2)12-20-18(22)14-5-3-9-21(14)19(23)17-6-4-10-26-17/h4,6-8,10-11,14H,3,5,9,12H2,1-2H3,(H,20,22). The minimum absolute atomic E-state index is 0.0660. The largest absolute Gasteiger partial charge is 0.493 e. The zero-order valence-corrected chi connectivity index (χ0v) is 15.7. The number of amides is 2. The summed E-state index contributed by atoms with van der Waals surface area (Å²) < 4.78 is 10.5. The smallest absolute Gasteiger partial charge is 0.264 e. The molecule has 1 aliphatic rings.